The van der Waals surface area contributed by atoms with Gasteiger partial charge in [0.1, 0.15) is 11.5 Å². The number of hydrogen-bond donors (Lipinski definition) is 0. The van der Waals surface area contributed by atoms with Crippen LogP contribution in [0.25, 0.3) is 6.08 Å². The molecule has 33 heavy (non-hydrogen) atoms. The molecule has 1 aliphatic rings. The molecular weight excluding hydrogens is 508 g/mol. The molecule has 0 radical (unpaired) electrons. The van der Waals surface area contributed by atoms with Crippen molar-refractivity contribution in [2.75, 3.05) is 21.3 Å². The van der Waals surface area contributed by atoms with E-state index < -0.39 is 12.0 Å². The van der Waals surface area contributed by atoms with Crippen LogP contribution in [0, 0.1) is 0 Å². The summed E-state index contributed by atoms with van der Waals surface area (Å²) in [6.45, 7) is 1.75. The molecule has 4 rings (SSSR count). The molecule has 0 saturated carbocycles. The molecule has 2 heterocycles. The summed E-state index contributed by atoms with van der Waals surface area (Å²) >= 11 is 4.74. The summed E-state index contributed by atoms with van der Waals surface area (Å²) in [6, 6.07) is 12.3. The Morgan fingerprint density at radius 1 is 1.12 bits per heavy atom. The van der Waals surface area contributed by atoms with Gasteiger partial charge in [-0.2, -0.15) is 0 Å². The van der Waals surface area contributed by atoms with Crippen LogP contribution in [0.5, 0.6) is 11.5 Å². The number of allylic oxidation sites excluding steroid dienone is 1. The molecule has 1 atom stereocenters. The molecule has 1 unspecified atom stereocenters. The molecule has 0 spiro atoms. The van der Waals surface area contributed by atoms with Crippen molar-refractivity contribution in [3.63, 3.8) is 0 Å². The van der Waals surface area contributed by atoms with E-state index in [1.807, 2.05) is 36.4 Å². The molecule has 7 nitrogen and oxygen atoms in total. The first kappa shape index (κ1) is 23.0. The maximum Gasteiger partial charge on any atom is 0.338 e. The molecule has 0 amide bonds. The Kier molecular flexibility index (Phi) is 6.53. The summed E-state index contributed by atoms with van der Waals surface area (Å²) in [5.41, 5.74) is 2.11. The predicted molar refractivity (Wildman–Crippen MR) is 129 cm³/mol. The summed E-state index contributed by atoms with van der Waals surface area (Å²) in [4.78, 5) is 31.3. The minimum atomic E-state index is -0.637. The summed E-state index contributed by atoms with van der Waals surface area (Å²) < 4.78 is 18.6. The number of benzene rings is 2. The fraction of sp³-hybridized carbons (Fsp3) is 0.208. The van der Waals surface area contributed by atoms with E-state index >= 15 is 0 Å². The highest BCUT2D eigenvalue weighted by Gasteiger charge is 2.32. The normalized spacial score (nSPS) is 15.7. The molecule has 0 bridgehead atoms. The van der Waals surface area contributed by atoms with Crippen LogP contribution < -0.4 is 24.4 Å². The second-order valence-electron chi connectivity index (χ2n) is 7.21. The smallest absolute Gasteiger partial charge is 0.338 e. The standard InChI is InChI=1S/C24H21BrN2O5S/c1-13-20(23(29)32-4)21(14-8-6-5-7-9-14)27-22(28)19(33-24(27)26-13)11-15-10-16(25)18(31-3)12-17(15)30-2/h5-12,21H,1-4H3/b19-11+. The topological polar surface area (TPSA) is 79.1 Å². The van der Waals surface area contributed by atoms with Crippen LogP contribution in [-0.2, 0) is 9.53 Å². The lowest BCUT2D eigenvalue weighted by Gasteiger charge is -2.24. The van der Waals surface area contributed by atoms with Gasteiger partial charge in [-0.1, -0.05) is 41.7 Å². The van der Waals surface area contributed by atoms with Crippen molar-refractivity contribution < 1.29 is 19.0 Å². The van der Waals surface area contributed by atoms with Crippen LogP contribution >= 0.6 is 27.3 Å². The zero-order valence-corrected chi connectivity index (χ0v) is 20.8. The van der Waals surface area contributed by atoms with E-state index in [0.717, 1.165) is 10.0 Å². The van der Waals surface area contributed by atoms with Crippen LogP contribution in [0.3, 0.4) is 0 Å². The number of halogens is 1. The molecule has 0 fully saturated rings. The SMILES string of the molecule is COC(=O)C1=C(C)N=c2s/c(=C/c3cc(Br)c(OC)cc3OC)c(=O)n2C1c1ccccc1. The number of esters is 1. The lowest BCUT2D eigenvalue weighted by molar-refractivity contribution is -0.136. The van der Waals surface area contributed by atoms with Crippen molar-refractivity contribution >= 4 is 39.3 Å². The second kappa shape index (κ2) is 9.36. The first-order valence-corrected chi connectivity index (χ1v) is 11.6. The van der Waals surface area contributed by atoms with Crippen LogP contribution in [0.4, 0.5) is 0 Å². The van der Waals surface area contributed by atoms with Gasteiger partial charge in [0, 0.05) is 11.6 Å². The third-order valence-corrected chi connectivity index (χ3v) is 6.94. The summed E-state index contributed by atoms with van der Waals surface area (Å²) in [5.74, 6) is 0.667. The Labute approximate surface area is 202 Å². The number of rotatable bonds is 5. The highest BCUT2D eigenvalue weighted by atomic mass is 79.9. The number of thiazole rings is 1. The van der Waals surface area contributed by atoms with Gasteiger partial charge in [0.05, 0.1) is 47.6 Å². The predicted octanol–water partition coefficient (Wildman–Crippen LogP) is 3.19. The molecule has 1 aromatic heterocycles. The Hall–Kier alpha value is -3.17. The fourth-order valence-electron chi connectivity index (χ4n) is 3.78. The summed E-state index contributed by atoms with van der Waals surface area (Å²) in [5, 5.41) is 0. The largest absolute Gasteiger partial charge is 0.496 e. The van der Waals surface area contributed by atoms with E-state index in [9.17, 15) is 9.59 Å². The molecule has 9 heteroatoms. The first-order valence-electron chi connectivity index (χ1n) is 9.97. The van der Waals surface area contributed by atoms with Crippen molar-refractivity contribution in [2.45, 2.75) is 13.0 Å². The number of ether oxygens (including phenoxy) is 3. The Morgan fingerprint density at radius 2 is 1.82 bits per heavy atom. The van der Waals surface area contributed by atoms with Crippen molar-refractivity contribution in [1.82, 2.24) is 4.57 Å². The van der Waals surface area contributed by atoms with Gasteiger partial charge in [-0.05, 0) is 40.6 Å². The van der Waals surface area contributed by atoms with Gasteiger partial charge in [-0.15, -0.1) is 0 Å². The van der Waals surface area contributed by atoms with Crippen LogP contribution in [0.1, 0.15) is 24.1 Å². The highest BCUT2D eigenvalue weighted by molar-refractivity contribution is 9.10. The number of aromatic nitrogens is 1. The van der Waals surface area contributed by atoms with Crippen LogP contribution in [0.15, 0.2) is 68.0 Å². The third kappa shape index (κ3) is 4.14. The van der Waals surface area contributed by atoms with E-state index in [1.54, 1.807) is 37.9 Å². The zero-order valence-electron chi connectivity index (χ0n) is 18.4. The molecule has 0 aliphatic carbocycles. The first-order chi connectivity index (χ1) is 15.9. The minimum absolute atomic E-state index is 0.254. The highest BCUT2D eigenvalue weighted by Crippen LogP contribution is 2.33. The van der Waals surface area contributed by atoms with Gasteiger partial charge in [0.15, 0.2) is 4.80 Å². The molecule has 2 aromatic carbocycles. The monoisotopic (exact) mass is 528 g/mol. The van der Waals surface area contributed by atoms with Gasteiger partial charge in [0.25, 0.3) is 5.56 Å². The lowest BCUT2D eigenvalue weighted by atomic mass is 9.96. The molecule has 0 saturated heterocycles. The number of methoxy groups -OCH3 is 3. The number of carbonyl (C=O) groups is 1. The van der Waals surface area contributed by atoms with Crippen molar-refractivity contribution in [3.8, 4) is 11.5 Å². The van der Waals surface area contributed by atoms with E-state index in [4.69, 9.17) is 14.2 Å². The van der Waals surface area contributed by atoms with E-state index in [0.29, 0.717) is 37.7 Å². The van der Waals surface area contributed by atoms with Gasteiger partial charge in [-0.25, -0.2) is 9.79 Å². The quantitative estimate of drug-likeness (QED) is 0.475. The number of nitrogens with zero attached hydrogens (tertiary/aromatic N) is 2. The van der Waals surface area contributed by atoms with E-state index in [-0.39, 0.29) is 5.56 Å². The second-order valence-corrected chi connectivity index (χ2v) is 9.08. The van der Waals surface area contributed by atoms with Gasteiger partial charge >= 0.3 is 5.97 Å². The Balaban J connectivity index is 1.97. The van der Waals surface area contributed by atoms with Crippen molar-refractivity contribution in [3.05, 3.63) is 89.0 Å². The summed E-state index contributed by atoms with van der Waals surface area (Å²) in [6.07, 6.45) is 1.76. The lowest BCUT2D eigenvalue weighted by Crippen LogP contribution is -2.39. The Morgan fingerprint density at radius 3 is 2.45 bits per heavy atom. The maximum atomic E-state index is 13.6. The van der Waals surface area contributed by atoms with Crippen LogP contribution in [-0.4, -0.2) is 31.9 Å². The number of hydrogen-bond acceptors (Lipinski definition) is 7. The fourth-order valence-corrected chi connectivity index (χ4v) is 5.34. The average Bonchev–Trinajstić information content (AvgIpc) is 3.12. The van der Waals surface area contributed by atoms with Crippen molar-refractivity contribution in [2.24, 2.45) is 4.99 Å². The molecular formula is C24H21BrN2O5S. The molecule has 170 valence electrons. The zero-order chi connectivity index (χ0) is 23.7. The molecule has 0 N–H and O–H groups in total. The third-order valence-electron chi connectivity index (χ3n) is 5.33. The Bertz CT molecular complexity index is 1440. The average molecular weight is 529 g/mol. The van der Waals surface area contributed by atoms with E-state index in [1.165, 1.54) is 18.4 Å². The maximum absolute atomic E-state index is 13.6. The van der Waals surface area contributed by atoms with Gasteiger partial charge < -0.3 is 14.2 Å². The molecule has 1 aliphatic heterocycles. The van der Waals surface area contributed by atoms with Gasteiger partial charge in [0.2, 0.25) is 0 Å². The summed E-state index contributed by atoms with van der Waals surface area (Å²) in [7, 11) is 4.45. The number of carbonyl (C=O) groups excluding carboxylic acids is 1. The van der Waals surface area contributed by atoms with Crippen molar-refractivity contribution in [1.29, 1.82) is 0 Å². The molecule has 3 aromatic rings. The number of fused-ring (bicyclic) bond motifs is 1. The van der Waals surface area contributed by atoms with E-state index in [2.05, 4.69) is 20.9 Å². The minimum Gasteiger partial charge on any atom is -0.496 e. The van der Waals surface area contributed by atoms with Crippen LogP contribution in [0.2, 0.25) is 0 Å². The van der Waals surface area contributed by atoms with Gasteiger partial charge in [-0.3, -0.25) is 9.36 Å².